The molecule has 0 aliphatic carbocycles. The number of carbonyl (C=O) groups is 1. The third-order valence-electron chi connectivity index (χ3n) is 2.38. The van der Waals surface area contributed by atoms with E-state index < -0.39 is 15.9 Å². The van der Waals surface area contributed by atoms with E-state index in [1.807, 2.05) is 0 Å². The highest BCUT2D eigenvalue weighted by Gasteiger charge is 2.16. The Kier molecular flexibility index (Phi) is 4.04. The highest BCUT2D eigenvalue weighted by Crippen LogP contribution is 2.25. The van der Waals surface area contributed by atoms with Gasteiger partial charge in [0.15, 0.2) is 0 Å². The van der Waals surface area contributed by atoms with E-state index in [1.165, 1.54) is 18.2 Å². The topological polar surface area (TPSA) is 115 Å². The molecule has 2 rings (SSSR count). The van der Waals surface area contributed by atoms with Crippen molar-refractivity contribution in [2.75, 3.05) is 5.32 Å². The summed E-state index contributed by atoms with van der Waals surface area (Å²) in [5, 5.41) is 11.3. The summed E-state index contributed by atoms with van der Waals surface area (Å²) in [6, 6.07) is 3.79. The first-order valence-corrected chi connectivity index (χ1v) is 7.91. The van der Waals surface area contributed by atoms with E-state index in [2.05, 4.69) is 14.9 Å². The molecule has 0 saturated carbocycles. The molecule has 0 unspecified atom stereocenters. The maximum absolute atomic E-state index is 11.9. The van der Waals surface area contributed by atoms with E-state index in [4.69, 9.17) is 16.7 Å². The van der Waals surface area contributed by atoms with Crippen LogP contribution >= 0.6 is 23.1 Å². The van der Waals surface area contributed by atoms with Crippen molar-refractivity contribution < 1.29 is 13.2 Å². The van der Waals surface area contributed by atoms with Gasteiger partial charge >= 0.3 is 0 Å². The Morgan fingerprint density at radius 3 is 2.65 bits per heavy atom. The fourth-order valence-electron chi connectivity index (χ4n) is 1.39. The molecule has 1 amide bonds. The van der Waals surface area contributed by atoms with Crippen LogP contribution in [0.25, 0.3) is 0 Å². The quantitative estimate of drug-likeness (QED) is 0.881. The summed E-state index contributed by atoms with van der Waals surface area (Å²) in [6.07, 6.45) is 0. The second-order valence-electron chi connectivity index (χ2n) is 3.83. The Morgan fingerprint density at radius 1 is 1.45 bits per heavy atom. The highest BCUT2D eigenvalue weighted by molar-refractivity contribution is 7.89. The summed E-state index contributed by atoms with van der Waals surface area (Å²) in [7, 11) is -3.84. The SMILES string of the molecule is Cc1nnsc1C(=O)Nc1ccc(S(N)(=O)=O)cc1Cl. The minimum absolute atomic E-state index is 0.0694. The van der Waals surface area contributed by atoms with Crippen molar-refractivity contribution in [1.29, 1.82) is 0 Å². The number of amides is 1. The predicted octanol–water partition coefficient (Wildman–Crippen LogP) is 1.40. The van der Waals surface area contributed by atoms with Gasteiger partial charge in [-0.05, 0) is 36.7 Å². The number of hydrogen-bond acceptors (Lipinski definition) is 6. The van der Waals surface area contributed by atoms with E-state index in [0.29, 0.717) is 10.6 Å². The lowest BCUT2D eigenvalue weighted by atomic mass is 10.3. The summed E-state index contributed by atoms with van der Waals surface area (Å²) in [4.78, 5) is 12.2. The summed E-state index contributed by atoms with van der Waals surface area (Å²) < 4.78 is 26.0. The summed E-state index contributed by atoms with van der Waals surface area (Å²) in [5.41, 5.74) is 0.779. The molecule has 10 heteroatoms. The van der Waals surface area contributed by atoms with Gasteiger partial charge in [-0.25, -0.2) is 13.6 Å². The molecule has 1 aromatic heterocycles. The smallest absolute Gasteiger partial charge is 0.269 e. The van der Waals surface area contributed by atoms with Crippen LogP contribution in [0.3, 0.4) is 0 Å². The molecule has 7 nitrogen and oxygen atoms in total. The van der Waals surface area contributed by atoms with Crippen LogP contribution in [-0.4, -0.2) is 23.9 Å². The van der Waals surface area contributed by atoms with Crippen molar-refractivity contribution in [2.24, 2.45) is 5.14 Å². The van der Waals surface area contributed by atoms with E-state index in [0.717, 1.165) is 11.5 Å². The number of aromatic nitrogens is 2. The molecule has 0 atom stereocenters. The first-order valence-electron chi connectivity index (χ1n) is 5.21. The molecule has 2 aromatic rings. The van der Waals surface area contributed by atoms with Gasteiger partial charge in [0.2, 0.25) is 10.0 Å². The Labute approximate surface area is 124 Å². The number of nitrogens with two attached hydrogens (primary N) is 1. The number of sulfonamides is 1. The van der Waals surface area contributed by atoms with Gasteiger partial charge in [0.05, 0.1) is 21.3 Å². The molecule has 1 heterocycles. The number of nitrogens with zero attached hydrogens (tertiary/aromatic N) is 2. The number of nitrogens with one attached hydrogen (secondary N) is 1. The average molecular weight is 333 g/mol. The van der Waals surface area contributed by atoms with Crippen LogP contribution in [0.15, 0.2) is 23.1 Å². The van der Waals surface area contributed by atoms with Crippen LogP contribution < -0.4 is 10.5 Å². The van der Waals surface area contributed by atoms with Crippen LogP contribution in [-0.2, 0) is 10.0 Å². The number of benzene rings is 1. The van der Waals surface area contributed by atoms with Gasteiger partial charge < -0.3 is 5.32 Å². The van der Waals surface area contributed by atoms with Crippen LogP contribution in [0.2, 0.25) is 5.02 Å². The standard InChI is InChI=1S/C10H9ClN4O3S2/c1-5-9(19-15-14-5)10(16)13-8-3-2-6(4-7(8)11)20(12,17)18/h2-4H,1H3,(H,13,16)(H2,12,17,18). The maximum atomic E-state index is 11.9. The lowest BCUT2D eigenvalue weighted by Crippen LogP contribution is -2.14. The fourth-order valence-corrected chi connectivity index (χ4v) is 2.78. The molecule has 0 saturated heterocycles. The van der Waals surface area contributed by atoms with Crippen LogP contribution in [0.5, 0.6) is 0 Å². The van der Waals surface area contributed by atoms with Crippen LogP contribution in [0.1, 0.15) is 15.4 Å². The number of carbonyl (C=O) groups excluding carboxylic acids is 1. The van der Waals surface area contributed by atoms with Gasteiger partial charge in [-0.15, -0.1) is 5.10 Å². The van der Waals surface area contributed by atoms with Crippen molar-refractivity contribution in [1.82, 2.24) is 9.59 Å². The Bertz CT molecular complexity index is 773. The molecular weight excluding hydrogens is 324 g/mol. The molecule has 0 spiro atoms. The molecular formula is C10H9ClN4O3S2. The largest absolute Gasteiger partial charge is 0.320 e. The molecule has 20 heavy (non-hydrogen) atoms. The first-order chi connectivity index (χ1) is 9.29. The Hall–Kier alpha value is -1.55. The third kappa shape index (κ3) is 3.12. The van der Waals surface area contributed by atoms with Gasteiger partial charge in [0, 0.05) is 0 Å². The van der Waals surface area contributed by atoms with Crippen molar-refractivity contribution in [3.63, 3.8) is 0 Å². The Morgan fingerprint density at radius 2 is 2.15 bits per heavy atom. The van der Waals surface area contributed by atoms with E-state index >= 15 is 0 Å². The lowest BCUT2D eigenvalue weighted by Gasteiger charge is -2.07. The van der Waals surface area contributed by atoms with E-state index in [-0.39, 0.29) is 15.6 Å². The molecule has 0 bridgehead atoms. The molecule has 0 aliphatic heterocycles. The molecule has 0 fully saturated rings. The van der Waals surface area contributed by atoms with Gasteiger partial charge in [-0.2, -0.15) is 0 Å². The number of rotatable bonds is 3. The van der Waals surface area contributed by atoms with Gasteiger partial charge in [-0.3, -0.25) is 4.79 Å². The summed E-state index contributed by atoms with van der Waals surface area (Å²) >= 11 is 6.88. The van der Waals surface area contributed by atoms with Gasteiger partial charge in [0.25, 0.3) is 5.91 Å². The number of anilines is 1. The molecule has 0 radical (unpaired) electrons. The summed E-state index contributed by atoms with van der Waals surface area (Å²) in [6.45, 7) is 1.66. The second kappa shape index (κ2) is 5.44. The number of hydrogen-bond donors (Lipinski definition) is 2. The van der Waals surface area contributed by atoms with Gasteiger partial charge in [-0.1, -0.05) is 16.1 Å². The molecule has 3 N–H and O–H groups in total. The molecule has 0 aliphatic rings. The normalized spacial score (nSPS) is 11.3. The van der Waals surface area contributed by atoms with E-state index in [9.17, 15) is 13.2 Å². The predicted molar refractivity (Wildman–Crippen MR) is 75.4 cm³/mol. The monoisotopic (exact) mass is 332 g/mol. The number of aryl methyl sites for hydroxylation is 1. The van der Waals surface area contributed by atoms with Crippen molar-refractivity contribution in [2.45, 2.75) is 11.8 Å². The minimum atomic E-state index is -3.84. The van der Waals surface area contributed by atoms with Crippen LogP contribution in [0, 0.1) is 6.92 Å². The zero-order valence-electron chi connectivity index (χ0n) is 10.1. The highest BCUT2D eigenvalue weighted by atomic mass is 35.5. The van der Waals surface area contributed by atoms with Crippen molar-refractivity contribution in [3.05, 3.63) is 33.8 Å². The first kappa shape index (κ1) is 14.9. The fraction of sp³-hybridized carbons (Fsp3) is 0.100. The molecule has 1 aromatic carbocycles. The third-order valence-corrected chi connectivity index (χ3v) is 4.43. The number of halogens is 1. The molecule has 106 valence electrons. The Balaban J connectivity index is 2.27. The maximum Gasteiger partial charge on any atom is 0.269 e. The number of primary sulfonamides is 1. The van der Waals surface area contributed by atoms with Crippen LogP contribution in [0.4, 0.5) is 5.69 Å². The van der Waals surface area contributed by atoms with Crippen molar-refractivity contribution in [3.8, 4) is 0 Å². The van der Waals surface area contributed by atoms with Crippen molar-refractivity contribution >= 4 is 44.8 Å². The van der Waals surface area contributed by atoms with Gasteiger partial charge in [0.1, 0.15) is 4.88 Å². The minimum Gasteiger partial charge on any atom is -0.320 e. The van der Waals surface area contributed by atoms with E-state index in [1.54, 1.807) is 6.92 Å². The summed E-state index contributed by atoms with van der Waals surface area (Å²) in [5.74, 6) is -0.414. The average Bonchev–Trinajstić information content (AvgIpc) is 2.76. The lowest BCUT2D eigenvalue weighted by molar-refractivity contribution is 0.103. The zero-order chi connectivity index (χ0) is 14.9. The zero-order valence-corrected chi connectivity index (χ0v) is 12.5. The second-order valence-corrected chi connectivity index (χ2v) is 6.55.